The Morgan fingerprint density at radius 3 is 2.44 bits per heavy atom. The van der Waals surface area contributed by atoms with Gasteiger partial charge in [0.05, 0.1) is 19.8 Å². The van der Waals surface area contributed by atoms with Crippen molar-refractivity contribution in [2.45, 2.75) is 0 Å². The minimum absolute atomic E-state index is 0.408. The van der Waals surface area contributed by atoms with Crippen LogP contribution in [0.15, 0.2) is 30.3 Å². The second-order valence-corrected chi connectivity index (χ2v) is 2.94. The summed E-state index contributed by atoms with van der Waals surface area (Å²) in [6, 6.07) is 6.83. The molecule has 0 atom stereocenters. The highest BCUT2D eigenvalue weighted by Crippen LogP contribution is 2.11. The lowest BCUT2D eigenvalue weighted by Gasteiger charge is -2.02. The van der Waals surface area contributed by atoms with Gasteiger partial charge in [-0.15, -0.1) is 0 Å². The van der Waals surface area contributed by atoms with Gasteiger partial charge in [-0.3, -0.25) is 0 Å². The summed E-state index contributed by atoms with van der Waals surface area (Å²) in [5.74, 6) is -0.912. The predicted octanol–water partition coefficient (Wildman–Crippen LogP) is 1.66. The fraction of sp³-hybridized carbons (Fsp3) is 0.167. The van der Waals surface area contributed by atoms with Gasteiger partial charge in [0.15, 0.2) is 0 Å². The molecule has 0 bridgehead atoms. The Labute approximate surface area is 93.5 Å². The number of hydrogen-bond donors (Lipinski definition) is 0. The Morgan fingerprint density at radius 2 is 1.81 bits per heavy atom. The zero-order valence-corrected chi connectivity index (χ0v) is 9.10. The molecule has 1 aromatic rings. The lowest BCUT2D eigenvalue weighted by Crippen LogP contribution is -2.03. The van der Waals surface area contributed by atoms with Crippen LogP contribution < -0.4 is 0 Å². The summed E-state index contributed by atoms with van der Waals surface area (Å²) in [5.41, 5.74) is 1.02. The minimum Gasteiger partial charge on any atom is -0.466 e. The third kappa shape index (κ3) is 2.95. The molecule has 0 radical (unpaired) electrons. The third-order valence-electron chi connectivity index (χ3n) is 1.97. The van der Waals surface area contributed by atoms with Gasteiger partial charge in [0, 0.05) is 6.08 Å². The SMILES string of the molecule is COC(=O)/C=C/c1ccccc1C(=O)OC. The molecular weight excluding hydrogens is 208 g/mol. The monoisotopic (exact) mass is 220 g/mol. The molecule has 84 valence electrons. The van der Waals surface area contributed by atoms with E-state index in [4.69, 9.17) is 0 Å². The Kier molecular flexibility index (Phi) is 4.27. The highest BCUT2D eigenvalue weighted by Gasteiger charge is 2.08. The quantitative estimate of drug-likeness (QED) is 0.574. The Morgan fingerprint density at radius 1 is 1.12 bits per heavy atom. The molecular formula is C12H12O4. The fourth-order valence-corrected chi connectivity index (χ4v) is 1.16. The normalized spacial score (nSPS) is 10.1. The van der Waals surface area contributed by atoms with E-state index in [0.717, 1.165) is 0 Å². The van der Waals surface area contributed by atoms with Crippen molar-refractivity contribution in [1.82, 2.24) is 0 Å². The van der Waals surface area contributed by atoms with E-state index in [1.807, 2.05) is 0 Å². The highest BCUT2D eigenvalue weighted by atomic mass is 16.5. The Balaban J connectivity index is 3.00. The molecule has 1 aromatic carbocycles. The van der Waals surface area contributed by atoms with Gasteiger partial charge in [0.1, 0.15) is 0 Å². The summed E-state index contributed by atoms with van der Waals surface area (Å²) in [7, 11) is 2.60. The number of carbonyl (C=O) groups excluding carboxylic acids is 2. The molecule has 4 nitrogen and oxygen atoms in total. The van der Waals surface area contributed by atoms with Gasteiger partial charge in [0.2, 0.25) is 0 Å². The molecule has 0 saturated carbocycles. The molecule has 0 saturated heterocycles. The van der Waals surface area contributed by atoms with Gasteiger partial charge in [-0.25, -0.2) is 9.59 Å². The van der Waals surface area contributed by atoms with Crippen molar-refractivity contribution in [3.05, 3.63) is 41.5 Å². The molecule has 4 heteroatoms. The first-order valence-corrected chi connectivity index (χ1v) is 4.62. The van der Waals surface area contributed by atoms with Crippen LogP contribution in [0.25, 0.3) is 6.08 Å². The molecule has 0 aromatic heterocycles. The number of hydrogen-bond acceptors (Lipinski definition) is 4. The van der Waals surface area contributed by atoms with Crippen LogP contribution in [-0.4, -0.2) is 26.2 Å². The third-order valence-corrected chi connectivity index (χ3v) is 1.97. The lowest BCUT2D eigenvalue weighted by molar-refractivity contribution is -0.134. The number of rotatable bonds is 3. The van der Waals surface area contributed by atoms with E-state index >= 15 is 0 Å². The van der Waals surface area contributed by atoms with Gasteiger partial charge in [-0.2, -0.15) is 0 Å². The number of carbonyl (C=O) groups is 2. The van der Waals surface area contributed by atoms with Crippen LogP contribution in [0.3, 0.4) is 0 Å². The van der Waals surface area contributed by atoms with Crippen molar-refractivity contribution >= 4 is 18.0 Å². The topological polar surface area (TPSA) is 52.6 Å². The molecule has 0 fully saturated rings. The van der Waals surface area contributed by atoms with Crippen LogP contribution in [0.1, 0.15) is 15.9 Å². The number of benzene rings is 1. The molecule has 0 aliphatic heterocycles. The molecule has 0 N–H and O–H groups in total. The van der Waals surface area contributed by atoms with Crippen LogP contribution in [0.5, 0.6) is 0 Å². The van der Waals surface area contributed by atoms with Crippen molar-refractivity contribution in [3.63, 3.8) is 0 Å². The second kappa shape index (κ2) is 5.70. The van der Waals surface area contributed by atoms with Crippen molar-refractivity contribution in [1.29, 1.82) is 0 Å². The predicted molar refractivity (Wildman–Crippen MR) is 58.8 cm³/mol. The standard InChI is InChI=1S/C12H12O4/c1-15-11(13)8-7-9-5-3-4-6-10(9)12(14)16-2/h3-8H,1-2H3/b8-7+. The average molecular weight is 220 g/mol. The van der Waals surface area contributed by atoms with Gasteiger partial charge >= 0.3 is 11.9 Å². The fourth-order valence-electron chi connectivity index (χ4n) is 1.16. The first-order valence-electron chi connectivity index (χ1n) is 4.62. The second-order valence-electron chi connectivity index (χ2n) is 2.94. The van der Waals surface area contributed by atoms with Crippen LogP contribution >= 0.6 is 0 Å². The van der Waals surface area contributed by atoms with E-state index in [1.165, 1.54) is 26.4 Å². The Bertz CT molecular complexity index is 421. The largest absolute Gasteiger partial charge is 0.466 e. The lowest BCUT2D eigenvalue weighted by atomic mass is 10.1. The smallest absolute Gasteiger partial charge is 0.338 e. The highest BCUT2D eigenvalue weighted by molar-refractivity contribution is 5.95. The van der Waals surface area contributed by atoms with Gasteiger partial charge < -0.3 is 9.47 Å². The van der Waals surface area contributed by atoms with Crippen LogP contribution in [0, 0.1) is 0 Å². The average Bonchev–Trinajstić information content (AvgIpc) is 2.35. The summed E-state index contributed by atoms with van der Waals surface area (Å²) in [5, 5.41) is 0. The summed E-state index contributed by atoms with van der Waals surface area (Å²) in [4.78, 5) is 22.3. The molecule has 0 unspecified atom stereocenters. The maximum Gasteiger partial charge on any atom is 0.338 e. The summed E-state index contributed by atoms with van der Waals surface area (Å²) in [6.45, 7) is 0. The molecule has 0 aliphatic carbocycles. The van der Waals surface area contributed by atoms with Gasteiger partial charge in [0.25, 0.3) is 0 Å². The molecule has 0 amide bonds. The van der Waals surface area contributed by atoms with Gasteiger partial charge in [-0.1, -0.05) is 18.2 Å². The van der Waals surface area contributed by atoms with Gasteiger partial charge in [-0.05, 0) is 17.7 Å². The maximum absolute atomic E-state index is 11.4. The van der Waals surface area contributed by atoms with Crippen LogP contribution in [0.4, 0.5) is 0 Å². The maximum atomic E-state index is 11.4. The summed E-state index contributed by atoms with van der Waals surface area (Å²) in [6.07, 6.45) is 2.76. The van der Waals surface area contributed by atoms with E-state index in [0.29, 0.717) is 11.1 Å². The number of methoxy groups -OCH3 is 2. The zero-order chi connectivity index (χ0) is 12.0. The van der Waals surface area contributed by atoms with E-state index in [1.54, 1.807) is 24.3 Å². The molecule has 16 heavy (non-hydrogen) atoms. The van der Waals surface area contributed by atoms with Crippen molar-refractivity contribution in [3.8, 4) is 0 Å². The molecule has 0 spiro atoms. The summed E-state index contributed by atoms with van der Waals surface area (Å²) >= 11 is 0. The first kappa shape index (κ1) is 12.0. The van der Waals surface area contributed by atoms with E-state index in [2.05, 4.69) is 9.47 Å². The van der Waals surface area contributed by atoms with Crippen molar-refractivity contribution in [2.24, 2.45) is 0 Å². The number of esters is 2. The summed E-state index contributed by atoms with van der Waals surface area (Å²) < 4.78 is 9.08. The van der Waals surface area contributed by atoms with Crippen molar-refractivity contribution in [2.75, 3.05) is 14.2 Å². The minimum atomic E-state index is -0.473. The van der Waals surface area contributed by atoms with Crippen LogP contribution in [0.2, 0.25) is 0 Å². The molecule has 0 heterocycles. The zero-order valence-electron chi connectivity index (χ0n) is 9.10. The Hall–Kier alpha value is -2.10. The first-order chi connectivity index (χ1) is 7.69. The van der Waals surface area contributed by atoms with E-state index in [9.17, 15) is 9.59 Å². The molecule has 0 aliphatic rings. The van der Waals surface area contributed by atoms with E-state index < -0.39 is 11.9 Å². The van der Waals surface area contributed by atoms with Crippen LogP contribution in [-0.2, 0) is 14.3 Å². The van der Waals surface area contributed by atoms with E-state index in [-0.39, 0.29) is 0 Å². The van der Waals surface area contributed by atoms with Crippen molar-refractivity contribution < 1.29 is 19.1 Å². The number of ether oxygens (including phenoxy) is 2. The molecule has 1 rings (SSSR count).